The number of carbonyl (C=O) groups is 6. The minimum absolute atomic E-state index is 0.105. The third kappa shape index (κ3) is 26.2. The number of aromatic nitrogens is 8. The number of alkyl carbamates (subject to hydrolysis) is 2. The summed E-state index contributed by atoms with van der Waals surface area (Å²) in [5.74, 6) is 0.980. The zero-order chi connectivity index (χ0) is 63.4. The zero-order valence-corrected chi connectivity index (χ0v) is 56.0. The number of aliphatic hydroxyl groups excluding tert-OH is 1. The van der Waals surface area contributed by atoms with Gasteiger partial charge in [-0.15, -0.1) is 40.8 Å². The second kappa shape index (κ2) is 33.4. The number of benzene rings is 1. The summed E-state index contributed by atoms with van der Waals surface area (Å²) < 4.78 is 16.4. The quantitative estimate of drug-likeness (QED) is 0.00939. The smallest absolute Gasteiger partial charge is 0.433 e. The van der Waals surface area contributed by atoms with Gasteiger partial charge in [0.15, 0.2) is 0 Å². The number of amides is 6. The van der Waals surface area contributed by atoms with Crippen LogP contribution in [0.3, 0.4) is 0 Å². The molecule has 0 saturated carbocycles. The van der Waals surface area contributed by atoms with Crippen molar-refractivity contribution in [3.05, 3.63) is 55.4 Å². The number of aliphatic hydroxyl groups is 1. The van der Waals surface area contributed by atoms with Gasteiger partial charge in [-0.3, -0.25) is 25.0 Å². The molecular formula is C55H81N15O10S6. The number of nitrogens with zero attached hydrogens (tertiary/aromatic N) is 9. The van der Waals surface area contributed by atoms with Gasteiger partial charge in [-0.25, -0.2) is 14.4 Å². The lowest BCUT2D eigenvalue weighted by atomic mass is 9.95. The van der Waals surface area contributed by atoms with Crippen LogP contribution in [-0.4, -0.2) is 146 Å². The molecule has 0 fully saturated rings. The van der Waals surface area contributed by atoms with Crippen LogP contribution in [0.15, 0.2) is 29.3 Å². The van der Waals surface area contributed by atoms with Crippen LogP contribution in [-0.2, 0) is 67.1 Å². The van der Waals surface area contributed by atoms with E-state index in [1.165, 1.54) is 51.6 Å². The Morgan fingerprint density at radius 3 is 1.33 bits per heavy atom. The number of hydrogen-bond donors (Lipinski definition) is 7. The topological polar surface area (TPSA) is 338 Å². The highest BCUT2D eigenvalue weighted by atomic mass is 32.2. The van der Waals surface area contributed by atoms with Crippen molar-refractivity contribution in [3.8, 4) is 0 Å². The molecule has 4 atom stereocenters. The van der Waals surface area contributed by atoms with E-state index >= 15 is 0 Å². The average molecular weight is 1300 g/mol. The second-order valence-electron chi connectivity index (χ2n) is 23.5. The van der Waals surface area contributed by atoms with Crippen molar-refractivity contribution in [1.82, 2.24) is 51.4 Å². The Morgan fingerprint density at radius 1 is 0.547 bits per heavy atom. The minimum Gasteiger partial charge on any atom is -0.444 e. The summed E-state index contributed by atoms with van der Waals surface area (Å²) >= 11 is 8.63. The summed E-state index contributed by atoms with van der Waals surface area (Å²) in [6.07, 6.45) is 1.26. The average Bonchev–Trinajstić information content (AvgIpc) is 4.18. The molecule has 1 aromatic carbocycles. The van der Waals surface area contributed by atoms with E-state index in [0.717, 1.165) is 54.2 Å². The molecule has 5 aromatic rings. The summed E-state index contributed by atoms with van der Waals surface area (Å²) in [4.78, 5) is 80.6. The molecule has 4 aromatic heterocycles. The molecule has 7 N–H and O–H groups in total. The Labute approximate surface area is 526 Å². The predicted octanol–water partition coefficient (Wildman–Crippen LogP) is 9.52. The SMILES string of the molecule is CC(C)C(/C=N/C(=O)OC(C)(C)Cc1ccc(CC(=O)Nc2nnc(CCSCCc3nnc(NC(=O)[C@@H](NC(=O)OC(C)(C)C)C(C)C)s3)s2)cc1)C(O)Nc1nnc(CCSCCc2nnc(NC(=O)[C@@H](NC(=O)OC(C)(C)C)C(C)C)s2)s1. The van der Waals surface area contributed by atoms with Crippen LogP contribution in [0.2, 0.25) is 0 Å². The first-order valence-corrected chi connectivity index (χ1v) is 33.6. The molecule has 31 heteroatoms. The lowest BCUT2D eigenvalue weighted by Gasteiger charge is -2.25. The Kier molecular flexibility index (Phi) is 27.5. The van der Waals surface area contributed by atoms with Gasteiger partial charge in [-0.1, -0.05) is 111 Å². The molecule has 86 heavy (non-hydrogen) atoms. The Balaban J connectivity index is 0.956. The summed E-state index contributed by atoms with van der Waals surface area (Å²) in [7, 11) is 0. The maximum absolute atomic E-state index is 13.0. The maximum Gasteiger partial charge on any atom is 0.433 e. The van der Waals surface area contributed by atoms with E-state index in [0.29, 0.717) is 52.6 Å². The fraction of sp³-hybridized carbons (Fsp3) is 0.618. The number of ether oxygens (including phenoxy) is 3. The van der Waals surface area contributed by atoms with Crippen molar-refractivity contribution in [2.45, 2.75) is 171 Å². The van der Waals surface area contributed by atoms with E-state index in [9.17, 15) is 33.9 Å². The van der Waals surface area contributed by atoms with E-state index < -0.39 is 71.1 Å². The van der Waals surface area contributed by atoms with Crippen LogP contribution in [0.25, 0.3) is 0 Å². The van der Waals surface area contributed by atoms with Crippen molar-refractivity contribution in [1.29, 1.82) is 0 Å². The first kappa shape index (κ1) is 70.8. The van der Waals surface area contributed by atoms with Crippen molar-refractivity contribution in [3.63, 3.8) is 0 Å². The summed E-state index contributed by atoms with van der Waals surface area (Å²) in [5.41, 5.74) is -0.645. The van der Waals surface area contributed by atoms with E-state index in [1.807, 2.05) is 65.8 Å². The molecular weight excluding hydrogens is 1220 g/mol. The Morgan fingerprint density at radius 2 is 0.930 bits per heavy atom. The van der Waals surface area contributed by atoms with Gasteiger partial charge in [0.1, 0.15) is 55.1 Å². The number of rotatable bonds is 31. The number of nitrogens with one attached hydrogen (secondary N) is 6. The summed E-state index contributed by atoms with van der Waals surface area (Å²) in [6.45, 7) is 25.2. The Bertz CT molecular complexity index is 3020. The van der Waals surface area contributed by atoms with Gasteiger partial charge in [0.05, 0.1) is 6.42 Å². The van der Waals surface area contributed by atoms with Crippen LogP contribution in [0.1, 0.15) is 128 Å². The molecule has 0 saturated heterocycles. The fourth-order valence-electron chi connectivity index (χ4n) is 7.68. The normalized spacial score (nSPS) is 13.5. The third-order valence-corrected chi connectivity index (χ3v) is 17.4. The van der Waals surface area contributed by atoms with E-state index in [4.69, 9.17) is 14.2 Å². The molecule has 6 amide bonds. The van der Waals surface area contributed by atoms with Gasteiger partial charge in [0.2, 0.25) is 38.2 Å². The first-order valence-electron chi connectivity index (χ1n) is 28.0. The standard InChI is InChI=1S/C55H81N15O10S6/c1-30(2)35(43(72)60-47-68-64-38(84-47)20-24-82-26-22-40-66-70-49(86-40)62-45(74)42(32(5)6)59-52(77)79-54(10,11)12)29-56-50(75)80-55(13,14)28-34-17-15-33(16-18-34)27-36(71)57-46-67-63-37(83-46)19-23-81-25-21-39-65-69-48(85-39)61-44(73)41(31(3)4)58-51(76)78-53(7,8)9/h15-18,29-32,35,41-43,72H,19-28H2,1-14H3,(H,58,76)(H,59,77)(H,60,68)(H,57,67,71)(H,61,69,73)(H,62,70,74)/b56-29+/t35?,41-,42-,43?/m0/s1. The van der Waals surface area contributed by atoms with Crippen molar-refractivity contribution in [2.24, 2.45) is 28.7 Å². The highest BCUT2D eigenvalue weighted by Gasteiger charge is 2.31. The molecule has 0 aliphatic heterocycles. The zero-order valence-electron chi connectivity index (χ0n) is 51.1. The second-order valence-corrected chi connectivity index (χ2v) is 30.2. The number of aliphatic imine (C=N–C) groups is 1. The number of aryl methyl sites for hydroxylation is 4. The highest BCUT2D eigenvalue weighted by Crippen LogP contribution is 2.26. The van der Waals surface area contributed by atoms with Gasteiger partial charge in [0.25, 0.3) is 0 Å². The number of anilines is 4. The van der Waals surface area contributed by atoms with Crippen molar-refractivity contribution >= 4 is 132 Å². The van der Waals surface area contributed by atoms with Crippen LogP contribution in [0.4, 0.5) is 34.9 Å². The van der Waals surface area contributed by atoms with Crippen LogP contribution in [0.5, 0.6) is 0 Å². The third-order valence-electron chi connectivity index (χ3n) is 11.8. The summed E-state index contributed by atoms with van der Waals surface area (Å²) in [5, 5.41) is 66.0. The molecule has 25 nitrogen and oxygen atoms in total. The molecule has 5 rings (SSSR count). The molecule has 0 spiro atoms. The van der Waals surface area contributed by atoms with Crippen LogP contribution < -0.4 is 31.9 Å². The number of carbonyl (C=O) groups excluding carboxylic acids is 6. The van der Waals surface area contributed by atoms with Gasteiger partial charge in [-0.05, 0) is 107 Å². The molecule has 0 aliphatic rings. The van der Waals surface area contributed by atoms with Gasteiger partial charge >= 0.3 is 18.3 Å². The number of thioether (sulfide) groups is 2. The molecule has 472 valence electrons. The van der Waals surface area contributed by atoms with Crippen LogP contribution in [0, 0.1) is 23.7 Å². The monoisotopic (exact) mass is 1300 g/mol. The molecule has 4 heterocycles. The predicted molar refractivity (Wildman–Crippen MR) is 342 cm³/mol. The van der Waals surface area contributed by atoms with E-state index in [-0.39, 0.29) is 30.1 Å². The van der Waals surface area contributed by atoms with Gasteiger partial charge < -0.3 is 40.6 Å². The lowest BCUT2D eigenvalue weighted by Crippen LogP contribution is -2.48. The van der Waals surface area contributed by atoms with Crippen molar-refractivity contribution in [2.75, 3.05) is 44.3 Å². The maximum atomic E-state index is 13.0. The molecule has 0 aliphatic carbocycles. The lowest BCUT2D eigenvalue weighted by molar-refractivity contribution is -0.119. The fourth-order valence-corrected chi connectivity index (χ4v) is 13.0. The van der Waals surface area contributed by atoms with E-state index in [2.05, 4.69) is 77.7 Å². The number of hydrogen-bond acceptors (Lipinski definition) is 25. The first-order chi connectivity index (χ1) is 40.4. The molecule has 2 unspecified atom stereocenters. The van der Waals surface area contributed by atoms with Crippen molar-refractivity contribution < 1.29 is 48.1 Å². The van der Waals surface area contributed by atoms with Gasteiger partial charge in [0, 0.05) is 44.2 Å². The molecule has 0 bridgehead atoms. The van der Waals surface area contributed by atoms with Crippen LogP contribution >= 0.6 is 68.9 Å². The van der Waals surface area contributed by atoms with E-state index in [1.54, 1.807) is 78.9 Å². The molecule has 0 radical (unpaired) electrons. The summed E-state index contributed by atoms with van der Waals surface area (Å²) in [6, 6.07) is 5.86. The van der Waals surface area contributed by atoms with Gasteiger partial charge in [-0.2, -0.15) is 28.5 Å². The Hall–Kier alpha value is -5.99. The highest BCUT2D eigenvalue weighted by molar-refractivity contribution is 7.99. The minimum atomic E-state index is -1.12. The largest absolute Gasteiger partial charge is 0.444 e.